The van der Waals surface area contributed by atoms with Gasteiger partial charge in [-0.05, 0) is 24.6 Å². The van der Waals surface area contributed by atoms with Gasteiger partial charge in [-0.1, -0.05) is 0 Å². The Hall–Kier alpha value is -2.11. The average Bonchev–Trinajstić information content (AvgIpc) is 2.87. The molecule has 6 heteroatoms. The summed E-state index contributed by atoms with van der Waals surface area (Å²) in [5.41, 5.74) is 0.119. The zero-order valence-electron chi connectivity index (χ0n) is 10.4. The van der Waals surface area contributed by atoms with Gasteiger partial charge < -0.3 is 14.7 Å². The van der Waals surface area contributed by atoms with Crippen LogP contribution in [-0.4, -0.2) is 42.1 Å². The summed E-state index contributed by atoms with van der Waals surface area (Å²) < 4.78 is 18.2. The Labute approximate surface area is 109 Å². The van der Waals surface area contributed by atoms with E-state index in [1.54, 1.807) is 0 Å². The number of carbonyl (C=O) groups is 2. The fourth-order valence-electron chi connectivity index (χ4n) is 2.16. The summed E-state index contributed by atoms with van der Waals surface area (Å²) in [5, 5.41) is 8.91. The maximum absolute atomic E-state index is 13.2. The van der Waals surface area contributed by atoms with Crippen molar-refractivity contribution >= 4 is 11.9 Å². The Balaban J connectivity index is 2.21. The van der Waals surface area contributed by atoms with Crippen LogP contribution in [0.1, 0.15) is 16.8 Å². The second kappa shape index (κ2) is 5.26. The van der Waals surface area contributed by atoms with E-state index in [0.29, 0.717) is 13.0 Å². The first-order valence-electron chi connectivity index (χ1n) is 5.88. The summed E-state index contributed by atoms with van der Waals surface area (Å²) in [5.74, 6) is -2.12. The molecule has 0 aliphatic carbocycles. The Morgan fingerprint density at radius 2 is 2.21 bits per heavy atom. The van der Waals surface area contributed by atoms with Crippen molar-refractivity contribution in [2.45, 2.75) is 6.42 Å². The number of carboxylic acid groups (broad SMARTS) is 1. The van der Waals surface area contributed by atoms with E-state index in [-0.39, 0.29) is 17.9 Å². The molecule has 1 saturated heterocycles. The van der Waals surface area contributed by atoms with E-state index >= 15 is 0 Å². The molecule has 1 amide bonds. The molecule has 0 unspecified atom stereocenters. The third-order valence-electron chi connectivity index (χ3n) is 3.22. The Morgan fingerprint density at radius 3 is 2.79 bits per heavy atom. The summed E-state index contributed by atoms with van der Waals surface area (Å²) in [6.07, 6.45) is 0.415. The van der Waals surface area contributed by atoms with E-state index in [0.717, 1.165) is 6.07 Å². The van der Waals surface area contributed by atoms with E-state index < -0.39 is 23.6 Å². The molecule has 1 heterocycles. The zero-order valence-corrected chi connectivity index (χ0v) is 10.4. The second-order valence-corrected chi connectivity index (χ2v) is 4.42. The first-order chi connectivity index (χ1) is 9.02. The molecule has 1 N–H and O–H groups in total. The van der Waals surface area contributed by atoms with E-state index in [1.807, 2.05) is 0 Å². The highest BCUT2D eigenvalue weighted by Gasteiger charge is 2.32. The fourth-order valence-corrected chi connectivity index (χ4v) is 2.16. The number of carboxylic acids is 1. The van der Waals surface area contributed by atoms with Gasteiger partial charge in [0, 0.05) is 13.1 Å². The van der Waals surface area contributed by atoms with Crippen molar-refractivity contribution in [3.05, 3.63) is 29.6 Å². The number of carbonyl (C=O) groups excluding carboxylic acids is 1. The van der Waals surface area contributed by atoms with Crippen molar-refractivity contribution in [2.75, 3.05) is 20.2 Å². The monoisotopic (exact) mass is 267 g/mol. The molecule has 0 spiro atoms. The first kappa shape index (κ1) is 13.3. The molecule has 0 saturated carbocycles. The van der Waals surface area contributed by atoms with Gasteiger partial charge in [-0.15, -0.1) is 0 Å². The minimum atomic E-state index is -0.915. The van der Waals surface area contributed by atoms with Crippen LogP contribution in [-0.2, 0) is 4.79 Å². The number of likely N-dealkylation sites (tertiary alicyclic amines) is 1. The summed E-state index contributed by atoms with van der Waals surface area (Å²) in [6.45, 7) is 0.503. The van der Waals surface area contributed by atoms with Crippen LogP contribution in [0.15, 0.2) is 18.2 Å². The third kappa shape index (κ3) is 2.67. The minimum absolute atomic E-state index is 0.119. The van der Waals surface area contributed by atoms with E-state index in [2.05, 4.69) is 0 Å². The minimum Gasteiger partial charge on any atom is -0.496 e. The molecule has 5 nitrogen and oxygen atoms in total. The topological polar surface area (TPSA) is 66.8 Å². The molecule has 1 aliphatic heterocycles. The van der Waals surface area contributed by atoms with Gasteiger partial charge in [0.05, 0.1) is 18.6 Å². The Bertz CT molecular complexity index is 517. The van der Waals surface area contributed by atoms with Gasteiger partial charge in [0.25, 0.3) is 5.91 Å². The lowest BCUT2D eigenvalue weighted by atomic mass is 10.1. The lowest BCUT2D eigenvalue weighted by Crippen LogP contribution is -2.30. The van der Waals surface area contributed by atoms with Crippen LogP contribution in [0.4, 0.5) is 4.39 Å². The molecular formula is C13H14FNO4. The predicted octanol–water partition coefficient (Wildman–Crippen LogP) is 1.38. The Kier molecular flexibility index (Phi) is 3.69. The van der Waals surface area contributed by atoms with E-state index in [9.17, 15) is 14.0 Å². The number of methoxy groups -OCH3 is 1. The standard InChI is InChI=1S/C13H14FNO4/c1-19-11-3-2-9(14)6-10(11)12(16)15-5-4-8(7-15)13(17)18/h2-3,6,8H,4-5,7H2,1H3,(H,17,18)/t8-/m1/s1. The number of rotatable bonds is 3. The quantitative estimate of drug-likeness (QED) is 0.898. The van der Waals surface area contributed by atoms with Gasteiger partial charge in [-0.2, -0.15) is 0 Å². The highest BCUT2D eigenvalue weighted by atomic mass is 19.1. The lowest BCUT2D eigenvalue weighted by Gasteiger charge is -2.17. The number of nitrogens with zero attached hydrogens (tertiary/aromatic N) is 1. The summed E-state index contributed by atoms with van der Waals surface area (Å²) in [4.78, 5) is 24.5. The van der Waals surface area contributed by atoms with Gasteiger partial charge in [-0.25, -0.2) is 4.39 Å². The number of ether oxygens (including phenoxy) is 1. The lowest BCUT2D eigenvalue weighted by molar-refractivity contribution is -0.141. The molecule has 2 rings (SSSR count). The molecule has 0 bridgehead atoms. The number of benzene rings is 1. The first-order valence-corrected chi connectivity index (χ1v) is 5.88. The maximum Gasteiger partial charge on any atom is 0.308 e. The number of amides is 1. The number of hydrogen-bond acceptors (Lipinski definition) is 3. The number of halogens is 1. The third-order valence-corrected chi connectivity index (χ3v) is 3.22. The highest BCUT2D eigenvalue weighted by Crippen LogP contribution is 2.24. The van der Waals surface area contributed by atoms with Gasteiger partial charge >= 0.3 is 5.97 Å². The molecule has 1 atom stereocenters. The molecule has 1 fully saturated rings. The predicted molar refractivity (Wildman–Crippen MR) is 64.6 cm³/mol. The van der Waals surface area contributed by atoms with Crippen molar-refractivity contribution in [3.63, 3.8) is 0 Å². The van der Waals surface area contributed by atoms with Crippen LogP contribution in [0.3, 0.4) is 0 Å². The summed E-state index contributed by atoms with van der Waals surface area (Å²) >= 11 is 0. The molecule has 1 aromatic carbocycles. The molecule has 1 aromatic rings. The zero-order chi connectivity index (χ0) is 14.0. The smallest absolute Gasteiger partial charge is 0.308 e. The van der Waals surface area contributed by atoms with Crippen molar-refractivity contribution in [1.29, 1.82) is 0 Å². The van der Waals surface area contributed by atoms with Gasteiger partial charge in [0.15, 0.2) is 0 Å². The highest BCUT2D eigenvalue weighted by molar-refractivity contribution is 5.97. The molecule has 102 valence electrons. The molecule has 0 radical (unpaired) electrons. The van der Waals surface area contributed by atoms with Crippen LogP contribution in [0.5, 0.6) is 5.75 Å². The molecule has 1 aliphatic rings. The van der Waals surface area contributed by atoms with Crippen molar-refractivity contribution in [3.8, 4) is 5.75 Å². The maximum atomic E-state index is 13.2. The summed E-state index contributed by atoms with van der Waals surface area (Å²) in [7, 11) is 1.40. The van der Waals surface area contributed by atoms with Crippen LogP contribution in [0, 0.1) is 11.7 Å². The van der Waals surface area contributed by atoms with E-state index in [4.69, 9.17) is 9.84 Å². The molecule has 0 aromatic heterocycles. The SMILES string of the molecule is COc1ccc(F)cc1C(=O)N1CC[C@@H](C(=O)O)C1. The normalized spacial score (nSPS) is 18.4. The largest absolute Gasteiger partial charge is 0.496 e. The summed E-state index contributed by atoms with van der Waals surface area (Å²) in [6, 6.07) is 3.70. The van der Waals surface area contributed by atoms with Crippen molar-refractivity contribution < 1.29 is 23.8 Å². The number of aliphatic carboxylic acids is 1. The Morgan fingerprint density at radius 1 is 1.47 bits per heavy atom. The average molecular weight is 267 g/mol. The fraction of sp³-hybridized carbons (Fsp3) is 0.385. The number of hydrogen-bond donors (Lipinski definition) is 1. The van der Waals surface area contributed by atoms with Gasteiger partial charge in [-0.3, -0.25) is 9.59 Å². The second-order valence-electron chi connectivity index (χ2n) is 4.42. The molecular weight excluding hydrogens is 253 g/mol. The van der Waals surface area contributed by atoms with Crippen LogP contribution in [0.25, 0.3) is 0 Å². The van der Waals surface area contributed by atoms with Crippen LogP contribution >= 0.6 is 0 Å². The van der Waals surface area contributed by atoms with Crippen LogP contribution < -0.4 is 4.74 Å². The van der Waals surface area contributed by atoms with Crippen molar-refractivity contribution in [2.24, 2.45) is 5.92 Å². The van der Waals surface area contributed by atoms with Crippen molar-refractivity contribution in [1.82, 2.24) is 4.90 Å². The van der Waals surface area contributed by atoms with Gasteiger partial charge in [0.2, 0.25) is 0 Å². The molecule has 19 heavy (non-hydrogen) atoms. The van der Waals surface area contributed by atoms with Gasteiger partial charge in [0.1, 0.15) is 11.6 Å². The van der Waals surface area contributed by atoms with Crippen LogP contribution in [0.2, 0.25) is 0 Å². The van der Waals surface area contributed by atoms with E-state index in [1.165, 1.54) is 24.1 Å².